The Balaban J connectivity index is 1.90. The number of aryl methyl sites for hydroxylation is 2. The van der Waals surface area contributed by atoms with Crippen LogP contribution in [0.25, 0.3) is 17.1 Å². The van der Waals surface area contributed by atoms with Crippen LogP contribution in [-0.4, -0.2) is 9.38 Å². The maximum atomic E-state index is 6.14. The van der Waals surface area contributed by atoms with Gasteiger partial charge in [0.15, 0.2) is 17.3 Å². The molecule has 0 saturated carbocycles. The number of rotatable bonds is 3. The molecule has 0 aliphatic carbocycles. The minimum absolute atomic E-state index is 0.577. The normalized spacial score (nSPS) is 11.6. The van der Waals surface area contributed by atoms with Gasteiger partial charge in [0, 0.05) is 6.20 Å². The number of pyridine rings is 1. The van der Waals surface area contributed by atoms with Crippen molar-refractivity contribution in [2.45, 2.75) is 13.8 Å². The number of fused-ring (bicyclic) bond motifs is 1. The highest BCUT2D eigenvalue weighted by Gasteiger charge is 2.16. The van der Waals surface area contributed by atoms with Gasteiger partial charge in [-0.2, -0.15) is 0 Å². The van der Waals surface area contributed by atoms with Gasteiger partial charge in [0.2, 0.25) is 0 Å². The van der Waals surface area contributed by atoms with Crippen LogP contribution in [-0.2, 0) is 0 Å². The number of furan rings is 1. The predicted octanol–water partition coefficient (Wildman–Crippen LogP) is 6.28. The number of benzene rings is 1. The molecule has 0 atom stereocenters. The average molecular weight is 351 g/mol. The van der Waals surface area contributed by atoms with Crippen LogP contribution < -0.4 is 0 Å². The van der Waals surface area contributed by atoms with E-state index in [1.54, 1.807) is 18.5 Å². The fourth-order valence-corrected chi connectivity index (χ4v) is 2.77. The summed E-state index contributed by atoms with van der Waals surface area (Å²) in [5, 5.41) is 9.51. The minimum atomic E-state index is 0.577. The molecule has 4 rings (SSSR count). The van der Waals surface area contributed by atoms with Gasteiger partial charge in [0.05, 0.1) is 17.0 Å². The molecule has 3 heterocycles. The van der Waals surface area contributed by atoms with Crippen LogP contribution in [0.3, 0.4) is 0 Å². The van der Waals surface area contributed by atoms with Crippen molar-refractivity contribution >= 4 is 28.8 Å². The summed E-state index contributed by atoms with van der Waals surface area (Å²) in [4.78, 5) is 4.61. The zero-order valence-corrected chi connectivity index (χ0v) is 14.5. The van der Waals surface area contributed by atoms with E-state index in [-0.39, 0.29) is 0 Å². The van der Waals surface area contributed by atoms with E-state index < -0.39 is 0 Å². The quantitative estimate of drug-likeness (QED) is 0.408. The Hall–Kier alpha value is -2.92. The molecule has 3 aromatic heterocycles. The van der Waals surface area contributed by atoms with E-state index in [0.29, 0.717) is 22.3 Å². The summed E-state index contributed by atoms with van der Waals surface area (Å²) in [5.41, 5.74) is 4.36. The first kappa shape index (κ1) is 15.6. The minimum Gasteiger partial charge on any atom is -0.463 e. The molecule has 0 spiro atoms. The van der Waals surface area contributed by atoms with Gasteiger partial charge < -0.3 is 4.42 Å². The van der Waals surface area contributed by atoms with Crippen LogP contribution in [0.15, 0.2) is 69.6 Å². The second-order valence-electron chi connectivity index (χ2n) is 5.83. The third kappa shape index (κ3) is 2.94. The second-order valence-corrected chi connectivity index (χ2v) is 6.26. The van der Waals surface area contributed by atoms with E-state index in [1.165, 1.54) is 0 Å². The Morgan fingerprint density at radius 2 is 1.96 bits per heavy atom. The Labute approximate surface area is 149 Å². The predicted molar refractivity (Wildman–Crippen MR) is 98.0 cm³/mol. The van der Waals surface area contributed by atoms with Crippen LogP contribution in [0.5, 0.6) is 0 Å². The van der Waals surface area contributed by atoms with Crippen LogP contribution in [0.2, 0.25) is 5.02 Å². The van der Waals surface area contributed by atoms with Crippen molar-refractivity contribution in [2.75, 3.05) is 0 Å². The van der Waals surface area contributed by atoms with Crippen molar-refractivity contribution in [2.24, 2.45) is 10.2 Å². The van der Waals surface area contributed by atoms with Crippen molar-refractivity contribution in [3.05, 3.63) is 71.1 Å². The monoisotopic (exact) mass is 350 g/mol. The molecular weight excluding hydrogens is 336 g/mol. The standard InChI is InChI=1S/C19H15ClN4O/c1-12-5-6-13(2)15(10-12)22-23-19-18(16-4-3-9-25-16)21-17-8-7-14(20)11-24(17)19/h3-11H,1-2H3. The van der Waals surface area contributed by atoms with Gasteiger partial charge in [-0.15, -0.1) is 10.2 Å². The molecule has 4 aromatic rings. The SMILES string of the molecule is Cc1ccc(C)c(N=Nc2c(-c3ccco3)nc3ccc(Cl)cn23)c1. The van der Waals surface area contributed by atoms with Crippen LogP contribution in [0, 0.1) is 13.8 Å². The Kier molecular flexibility index (Phi) is 3.86. The van der Waals surface area contributed by atoms with E-state index in [4.69, 9.17) is 16.0 Å². The topological polar surface area (TPSA) is 55.2 Å². The molecule has 0 saturated heterocycles. The second kappa shape index (κ2) is 6.18. The summed E-state index contributed by atoms with van der Waals surface area (Å²) in [6, 6.07) is 13.4. The van der Waals surface area contributed by atoms with Crippen molar-refractivity contribution in [3.63, 3.8) is 0 Å². The van der Waals surface area contributed by atoms with Gasteiger partial charge in [-0.3, -0.25) is 4.40 Å². The number of imidazole rings is 1. The largest absolute Gasteiger partial charge is 0.463 e. The summed E-state index contributed by atoms with van der Waals surface area (Å²) in [5.74, 6) is 1.21. The lowest BCUT2D eigenvalue weighted by atomic mass is 10.1. The number of azo groups is 1. The van der Waals surface area contributed by atoms with E-state index in [9.17, 15) is 0 Å². The maximum Gasteiger partial charge on any atom is 0.190 e. The molecule has 1 aromatic carbocycles. The van der Waals surface area contributed by atoms with Crippen LogP contribution >= 0.6 is 11.6 Å². The lowest BCUT2D eigenvalue weighted by molar-refractivity contribution is 0.580. The molecule has 0 bridgehead atoms. The third-order valence-electron chi connectivity index (χ3n) is 3.93. The first-order valence-corrected chi connectivity index (χ1v) is 8.20. The van der Waals surface area contributed by atoms with Crippen LogP contribution in [0.4, 0.5) is 11.5 Å². The molecule has 0 N–H and O–H groups in total. The van der Waals surface area contributed by atoms with Crippen molar-refractivity contribution in [3.8, 4) is 11.5 Å². The zero-order valence-electron chi connectivity index (χ0n) is 13.8. The highest BCUT2D eigenvalue weighted by Crippen LogP contribution is 2.33. The number of nitrogens with zero attached hydrogens (tertiary/aromatic N) is 4. The highest BCUT2D eigenvalue weighted by atomic mass is 35.5. The number of halogens is 1. The van der Waals surface area contributed by atoms with E-state index in [1.807, 2.05) is 48.6 Å². The fraction of sp³-hybridized carbons (Fsp3) is 0.105. The smallest absolute Gasteiger partial charge is 0.190 e. The highest BCUT2D eigenvalue weighted by molar-refractivity contribution is 6.30. The number of hydrogen-bond donors (Lipinski definition) is 0. The molecule has 5 nitrogen and oxygen atoms in total. The molecular formula is C19H15ClN4O. The molecule has 0 aliphatic heterocycles. The molecule has 6 heteroatoms. The number of hydrogen-bond acceptors (Lipinski definition) is 4. The van der Waals surface area contributed by atoms with Gasteiger partial charge >= 0.3 is 0 Å². The molecule has 0 aliphatic rings. The average Bonchev–Trinajstić information content (AvgIpc) is 3.23. The van der Waals surface area contributed by atoms with E-state index >= 15 is 0 Å². The van der Waals surface area contributed by atoms with Gasteiger partial charge in [-0.25, -0.2) is 4.98 Å². The molecule has 25 heavy (non-hydrogen) atoms. The summed E-state index contributed by atoms with van der Waals surface area (Å²) in [6.45, 7) is 4.04. The third-order valence-corrected chi connectivity index (χ3v) is 4.15. The first-order valence-electron chi connectivity index (χ1n) is 7.82. The summed E-state index contributed by atoms with van der Waals surface area (Å²) < 4.78 is 7.32. The van der Waals surface area contributed by atoms with Gasteiger partial charge in [-0.1, -0.05) is 23.7 Å². The number of aromatic nitrogens is 2. The molecule has 0 unspecified atom stereocenters. The van der Waals surface area contributed by atoms with Gasteiger partial charge in [0.1, 0.15) is 5.65 Å². The fourth-order valence-electron chi connectivity index (χ4n) is 2.61. The lowest BCUT2D eigenvalue weighted by Gasteiger charge is -2.01. The first-order chi connectivity index (χ1) is 12.1. The molecule has 0 amide bonds. The van der Waals surface area contributed by atoms with Crippen molar-refractivity contribution < 1.29 is 4.42 Å². The van der Waals surface area contributed by atoms with Crippen molar-refractivity contribution in [1.29, 1.82) is 0 Å². The molecule has 124 valence electrons. The van der Waals surface area contributed by atoms with E-state index in [2.05, 4.69) is 21.3 Å². The van der Waals surface area contributed by atoms with Crippen molar-refractivity contribution in [1.82, 2.24) is 9.38 Å². The van der Waals surface area contributed by atoms with E-state index in [0.717, 1.165) is 22.5 Å². The summed E-state index contributed by atoms with van der Waals surface area (Å²) >= 11 is 6.14. The zero-order chi connectivity index (χ0) is 17.4. The Morgan fingerprint density at radius 1 is 1.08 bits per heavy atom. The molecule has 0 fully saturated rings. The van der Waals surface area contributed by atoms with Gasteiger partial charge in [0.25, 0.3) is 0 Å². The molecule has 0 radical (unpaired) electrons. The lowest BCUT2D eigenvalue weighted by Crippen LogP contribution is -1.83. The summed E-state index contributed by atoms with van der Waals surface area (Å²) in [7, 11) is 0. The van der Waals surface area contributed by atoms with Gasteiger partial charge in [-0.05, 0) is 55.3 Å². The summed E-state index contributed by atoms with van der Waals surface area (Å²) in [6.07, 6.45) is 3.38. The maximum absolute atomic E-state index is 6.14. The van der Waals surface area contributed by atoms with Crippen LogP contribution in [0.1, 0.15) is 11.1 Å². The Bertz CT molecular complexity index is 1080. The Morgan fingerprint density at radius 3 is 2.76 bits per heavy atom.